The number of aliphatic hydroxyl groups is 1. The van der Waals surface area contributed by atoms with Gasteiger partial charge in [-0.15, -0.1) is 0 Å². The number of hydrogen-bond donors (Lipinski definition) is 1. The van der Waals surface area contributed by atoms with Gasteiger partial charge < -0.3 is 10.0 Å². The van der Waals surface area contributed by atoms with E-state index in [1.807, 2.05) is 0 Å². The molecule has 0 spiro atoms. The molecule has 2 rings (SSSR count). The molecular weight excluding hydrogens is 327 g/mol. The van der Waals surface area contributed by atoms with Crippen LogP contribution < -0.4 is 4.90 Å². The number of anilines is 1. The third-order valence-corrected chi connectivity index (χ3v) is 3.51. The van der Waals surface area contributed by atoms with Crippen LogP contribution in [0.4, 0.5) is 18.9 Å². The molecule has 1 unspecified atom stereocenters. The maximum absolute atomic E-state index is 13.0. The lowest BCUT2D eigenvalue weighted by Crippen LogP contribution is -2.27. The predicted octanol–water partition coefficient (Wildman–Crippen LogP) is 2.81. The van der Waals surface area contributed by atoms with Crippen molar-refractivity contribution in [1.82, 2.24) is 0 Å². The zero-order chi connectivity index (χ0) is 14.2. The Balaban J connectivity index is 2.43. The molecule has 1 aromatic carbocycles. The Morgan fingerprint density at radius 1 is 1.42 bits per heavy atom. The van der Waals surface area contributed by atoms with Gasteiger partial charge in [-0.3, -0.25) is 4.79 Å². The lowest BCUT2D eigenvalue weighted by molar-refractivity contribution is -0.137. The minimum Gasteiger partial charge on any atom is -0.396 e. The summed E-state index contributed by atoms with van der Waals surface area (Å²) < 4.78 is 39.2. The fourth-order valence-corrected chi connectivity index (χ4v) is 2.47. The summed E-state index contributed by atoms with van der Waals surface area (Å²) in [6.07, 6.45) is -4.46. The number of halogens is 4. The summed E-state index contributed by atoms with van der Waals surface area (Å²) in [7, 11) is 0. The average molecular weight is 338 g/mol. The van der Waals surface area contributed by atoms with E-state index in [2.05, 4.69) is 15.9 Å². The lowest BCUT2D eigenvalue weighted by atomic mass is 10.1. The third-order valence-electron chi connectivity index (χ3n) is 3.02. The fourth-order valence-electron chi connectivity index (χ4n) is 2.11. The third kappa shape index (κ3) is 2.92. The van der Waals surface area contributed by atoms with Crippen molar-refractivity contribution in [2.75, 3.05) is 18.1 Å². The highest BCUT2D eigenvalue weighted by Gasteiger charge is 2.39. The van der Waals surface area contributed by atoms with Crippen molar-refractivity contribution in [3.8, 4) is 0 Å². The van der Waals surface area contributed by atoms with E-state index < -0.39 is 17.6 Å². The first kappa shape index (κ1) is 14.3. The van der Waals surface area contributed by atoms with Gasteiger partial charge in [0.15, 0.2) is 0 Å². The van der Waals surface area contributed by atoms with Gasteiger partial charge >= 0.3 is 6.18 Å². The van der Waals surface area contributed by atoms with Crippen LogP contribution in [-0.2, 0) is 11.0 Å². The Kier molecular flexibility index (Phi) is 3.87. The van der Waals surface area contributed by atoms with E-state index in [4.69, 9.17) is 5.11 Å². The molecule has 1 fully saturated rings. The second kappa shape index (κ2) is 5.13. The summed E-state index contributed by atoms with van der Waals surface area (Å²) in [6, 6.07) is 3.68. The molecule has 1 amide bonds. The number of hydrogen-bond acceptors (Lipinski definition) is 2. The van der Waals surface area contributed by atoms with Crippen molar-refractivity contribution in [3.05, 3.63) is 28.2 Å². The summed E-state index contributed by atoms with van der Waals surface area (Å²) >= 11 is 2.99. The van der Waals surface area contributed by atoms with Crippen LogP contribution in [0.15, 0.2) is 22.7 Å². The SMILES string of the molecule is O=C1CC(CO)CN1c1ccc(Br)cc1C(F)(F)F. The Bertz CT molecular complexity index is 504. The molecule has 1 saturated heterocycles. The fraction of sp³-hybridized carbons (Fsp3) is 0.417. The second-order valence-corrected chi connectivity index (χ2v) is 5.33. The topological polar surface area (TPSA) is 40.5 Å². The quantitative estimate of drug-likeness (QED) is 0.901. The van der Waals surface area contributed by atoms with Crippen LogP contribution in [-0.4, -0.2) is 24.2 Å². The number of carbonyl (C=O) groups excluding carboxylic acids is 1. The van der Waals surface area contributed by atoms with Crippen molar-refractivity contribution in [1.29, 1.82) is 0 Å². The van der Waals surface area contributed by atoms with Gasteiger partial charge in [-0.05, 0) is 18.2 Å². The van der Waals surface area contributed by atoms with Crippen LogP contribution in [0.5, 0.6) is 0 Å². The molecule has 1 aromatic rings. The monoisotopic (exact) mass is 337 g/mol. The molecule has 0 saturated carbocycles. The number of alkyl halides is 3. The van der Waals surface area contributed by atoms with Crippen LogP contribution in [0, 0.1) is 5.92 Å². The first-order valence-electron chi connectivity index (χ1n) is 5.61. The molecule has 0 radical (unpaired) electrons. The molecule has 1 atom stereocenters. The summed E-state index contributed by atoms with van der Waals surface area (Å²) in [5.41, 5.74) is -1.01. The molecule has 104 valence electrons. The standard InChI is InChI=1S/C12H11BrF3NO2/c13-8-1-2-10(9(4-8)12(14,15)16)17-5-7(6-18)3-11(17)19/h1-2,4,7,18H,3,5-6H2. The van der Waals surface area contributed by atoms with Gasteiger partial charge in [-0.2, -0.15) is 13.2 Å². The molecule has 7 heteroatoms. The van der Waals surface area contributed by atoms with Gasteiger partial charge in [-0.25, -0.2) is 0 Å². The van der Waals surface area contributed by atoms with Gasteiger partial charge in [0, 0.05) is 30.0 Å². The molecule has 1 heterocycles. The molecule has 0 aliphatic carbocycles. The molecular formula is C12H11BrF3NO2. The minimum atomic E-state index is -4.53. The van der Waals surface area contributed by atoms with Crippen molar-refractivity contribution >= 4 is 27.5 Å². The van der Waals surface area contributed by atoms with Gasteiger partial charge in [0.1, 0.15) is 0 Å². The van der Waals surface area contributed by atoms with Gasteiger partial charge in [0.2, 0.25) is 5.91 Å². The molecule has 1 aliphatic heterocycles. The van der Waals surface area contributed by atoms with Crippen LogP contribution in [0.25, 0.3) is 0 Å². The minimum absolute atomic E-state index is 0.0733. The highest BCUT2D eigenvalue weighted by Crippen LogP contribution is 2.40. The van der Waals surface area contributed by atoms with E-state index in [-0.39, 0.29) is 31.2 Å². The maximum atomic E-state index is 13.0. The van der Waals surface area contributed by atoms with E-state index >= 15 is 0 Å². The van der Waals surface area contributed by atoms with E-state index in [1.165, 1.54) is 12.1 Å². The molecule has 1 N–H and O–H groups in total. The largest absolute Gasteiger partial charge is 0.418 e. The second-order valence-electron chi connectivity index (χ2n) is 4.42. The molecule has 3 nitrogen and oxygen atoms in total. The Morgan fingerprint density at radius 3 is 2.63 bits per heavy atom. The van der Waals surface area contributed by atoms with Crippen molar-refractivity contribution in [2.24, 2.45) is 5.92 Å². The molecule has 19 heavy (non-hydrogen) atoms. The number of nitrogens with zero attached hydrogens (tertiary/aromatic N) is 1. The Labute approximate surface area is 116 Å². The summed E-state index contributed by atoms with van der Waals surface area (Å²) in [6.45, 7) is -0.0971. The van der Waals surface area contributed by atoms with E-state index in [9.17, 15) is 18.0 Å². The van der Waals surface area contributed by atoms with Crippen molar-refractivity contribution < 1.29 is 23.1 Å². The highest BCUT2D eigenvalue weighted by molar-refractivity contribution is 9.10. The smallest absolute Gasteiger partial charge is 0.396 e. The van der Waals surface area contributed by atoms with Crippen molar-refractivity contribution in [2.45, 2.75) is 12.6 Å². The average Bonchev–Trinajstić information content (AvgIpc) is 2.69. The van der Waals surface area contributed by atoms with Gasteiger partial charge in [0.25, 0.3) is 0 Å². The number of rotatable bonds is 2. The number of amides is 1. The van der Waals surface area contributed by atoms with E-state index in [1.54, 1.807) is 0 Å². The molecule has 0 aromatic heterocycles. The summed E-state index contributed by atoms with van der Waals surface area (Å²) in [5.74, 6) is -0.705. The number of aliphatic hydroxyl groups excluding tert-OH is 1. The number of carbonyl (C=O) groups is 1. The van der Waals surface area contributed by atoms with Crippen LogP contribution in [0.2, 0.25) is 0 Å². The van der Waals surface area contributed by atoms with E-state index in [0.29, 0.717) is 4.47 Å². The molecule has 1 aliphatic rings. The first-order chi connectivity index (χ1) is 8.82. The number of benzene rings is 1. The predicted molar refractivity (Wildman–Crippen MR) is 66.7 cm³/mol. The lowest BCUT2D eigenvalue weighted by Gasteiger charge is -2.21. The van der Waals surface area contributed by atoms with E-state index in [0.717, 1.165) is 11.0 Å². The normalized spacial score (nSPS) is 20.2. The zero-order valence-corrected chi connectivity index (χ0v) is 11.3. The summed E-state index contributed by atoms with van der Waals surface area (Å²) in [5, 5.41) is 9.01. The van der Waals surface area contributed by atoms with Crippen LogP contribution in [0.1, 0.15) is 12.0 Å². The zero-order valence-electron chi connectivity index (χ0n) is 9.75. The maximum Gasteiger partial charge on any atom is 0.418 e. The van der Waals surface area contributed by atoms with Gasteiger partial charge in [0.05, 0.1) is 11.3 Å². The first-order valence-corrected chi connectivity index (χ1v) is 6.40. The van der Waals surface area contributed by atoms with Gasteiger partial charge in [-0.1, -0.05) is 15.9 Å². The Hall–Kier alpha value is -1.08. The highest BCUT2D eigenvalue weighted by atomic mass is 79.9. The van der Waals surface area contributed by atoms with Crippen LogP contribution >= 0.6 is 15.9 Å². The van der Waals surface area contributed by atoms with Crippen molar-refractivity contribution in [3.63, 3.8) is 0 Å². The van der Waals surface area contributed by atoms with Crippen LogP contribution in [0.3, 0.4) is 0 Å². The molecule has 0 bridgehead atoms. The summed E-state index contributed by atoms with van der Waals surface area (Å²) in [4.78, 5) is 12.8. The Morgan fingerprint density at radius 2 is 2.11 bits per heavy atom.